The molecule has 3 atom stereocenters. The summed E-state index contributed by atoms with van der Waals surface area (Å²) in [7, 11) is 6.65. The number of ether oxygens (including phenoxy) is 4. The first-order chi connectivity index (χ1) is 22.2. The summed E-state index contributed by atoms with van der Waals surface area (Å²) in [4.78, 5) is 30.7. The summed E-state index contributed by atoms with van der Waals surface area (Å²) in [5, 5.41) is 23.6. The fraction of sp³-hybridized carbons (Fsp3) is 0.600. The van der Waals surface area contributed by atoms with Crippen LogP contribution in [0.4, 0.5) is 0 Å². The molecule has 2 rings (SSSR count). The average Bonchev–Trinajstić information content (AvgIpc) is 3.03. The van der Waals surface area contributed by atoms with E-state index in [0.717, 1.165) is 30.6 Å². The van der Waals surface area contributed by atoms with Crippen molar-refractivity contribution < 1.29 is 33.7 Å². The first-order valence-corrected chi connectivity index (χ1v) is 15.9. The van der Waals surface area contributed by atoms with Crippen LogP contribution in [-0.4, -0.2) is 82.7 Å². The van der Waals surface area contributed by atoms with Crippen molar-refractivity contribution in [3.05, 3.63) is 63.7 Å². The molecule has 0 bridgehead atoms. The van der Waals surface area contributed by atoms with E-state index in [0.29, 0.717) is 30.1 Å². The van der Waals surface area contributed by atoms with Crippen LogP contribution in [-0.2, 0) is 26.2 Å². The lowest BCUT2D eigenvalue weighted by Crippen LogP contribution is -2.52. The van der Waals surface area contributed by atoms with Crippen LogP contribution in [0.5, 0.6) is 17.2 Å². The van der Waals surface area contributed by atoms with E-state index in [2.05, 4.69) is 37.2 Å². The molecule has 0 spiro atoms. The Labute approximate surface area is 279 Å². The van der Waals surface area contributed by atoms with Crippen molar-refractivity contribution in [2.24, 2.45) is 11.3 Å². The highest BCUT2D eigenvalue weighted by Gasteiger charge is 2.39. The van der Waals surface area contributed by atoms with Crippen LogP contribution in [0.25, 0.3) is 0 Å². The molecule has 3 unspecified atom stereocenters. The summed E-state index contributed by atoms with van der Waals surface area (Å²) < 4.78 is 22.0. The number of carbonyl (C=O) groups is 1. The van der Waals surface area contributed by atoms with Gasteiger partial charge in [0.25, 0.3) is 5.09 Å². The van der Waals surface area contributed by atoms with Crippen LogP contribution in [0.1, 0.15) is 58.6 Å². The molecular formula is C35H52N4O8. The third-order valence-corrected chi connectivity index (χ3v) is 8.62. The Morgan fingerprint density at radius 3 is 2.32 bits per heavy atom. The maximum absolute atomic E-state index is 12.1. The quantitative estimate of drug-likeness (QED) is 0.140. The molecule has 0 heterocycles. The second kappa shape index (κ2) is 18.3. The van der Waals surface area contributed by atoms with Gasteiger partial charge in [-0.3, -0.25) is 4.79 Å². The number of benzene rings is 2. The van der Waals surface area contributed by atoms with E-state index < -0.39 is 34.0 Å². The van der Waals surface area contributed by atoms with Gasteiger partial charge in [0.15, 0.2) is 11.5 Å². The molecule has 2 aromatic carbocycles. The van der Waals surface area contributed by atoms with Crippen LogP contribution in [0.3, 0.4) is 0 Å². The van der Waals surface area contributed by atoms with Gasteiger partial charge in [0, 0.05) is 19.1 Å². The van der Waals surface area contributed by atoms with Gasteiger partial charge >= 0.3 is 0 Å². The maximum atomic E-state index is 12.1. The van der Waals surface area contributed by atoms with E-state index in [9.17, 15) is 20.2 Å². The Balaban J connectivity index is 2.06. The number of methoxy groups -OCH3 is 3. The number of para-hydroxylation sites is 1. The number of hydrogen-bond acceptors (Lipinski definition) is 10. The zero-order valence-electron chi connectivity index (χ0n) is 29.3. The highest BCUT2D eigenvalue weighted by molar-refractivity contribution is 5.77. The molecular weight excluding hydrogens is 604 g/mol. The minimum absolute atomic E-state index is 0.0872. The first kappa shape index (κ1) is 39.1. The number of amides is 1. The fourth-order valence-corrected chi connectivity index (χ4v) is 5.88. The van der Waals surface area contributed by atoms with E-state index in [4.69, 9.17) is 23.8 Å². The molecule has 0 fully saturated rings. The molecule has 47 heavy (non-hydrogen) atoms. The Bertz CT molecular complexity index is 1350. The van der Waals surface area contributed by atoms with Crippen molar-refractivity contribution in [1.29, 1.82) is 5.26 Å². The number of nitriles is 1. The summed E-state index contributed by atoms with van der Waals surface area (Å²) in [6.07, 6.45) is 1.25. The smallest absolute Gasteiger partial charge is 0.294 e. The molecule has 0 radical (unpaired) electrons. The Hall–Kier alpha value is -4.08. The monoisotopic (exact) mass is 656 g/mol. The number of nitrogens with one attached hydrogen (secondary N) is 1. The number of likely N-dealkylation sites (N-methyl/N-ethyl adjacent to an activating group) is 1. The molecule has 0 saturated heterocycles. The molecule has 12 heteroatoms. The summed E-state index contributed by atoms with van der Waals surface area (Å²) in [5.41, 5.74) is 0.409. The van der Waals surface area contributed by atoms with Crippen molar-refractivity contribution in [3.63, 3.8) is 0 Å². The molecule has 0 aromatic heterocycles. The number of rotatable bonds is 21. The van der Waals surface area contributed by atoms with Gasteiger partial charge in [0.05, 0.1) is 38.4 Å². The first-order valence-electron chi connectivity index (χ1n) is 15.9. The van der Waals surface area contributed by atoms with Crippen molar-refractivity contribution in [1.82, 2.24) is 10.2 Å². The van der Waals surface area contributed by atoms with Crippen LogP contribution in [0, 0.1) is 32.8 Å². The highest BCUT2D eigenvalue weighted by atomic mass is 17.0. The van der Waals surface area contributed by atoms with Crippen molar-refractivity contribution in [2.45, 2.75) is 71.4 Å². The lowest BCUT2D eigenvalue weighted by atomic mass is 9.69. The summed E-state index contributed by atoms with van der Waals surface area (Å²) in [6.45, 7) is 10.9. The van der Waals surface area contributed by atoms with Crippen molar-refractivity contribution >= 4 is 5.91 Å². The van der Waals surface area contributed by atoms with Gasteiger partial charge in [0.1, 0.15) is 18.5 Å². The maximum Gasteiger partial charge on any atom is 0.294 e. The minimum atomic E-state index is -0.970. The fourth-order valence-electron chi connectivity index (χ4n) is 5.88. The van der Waals surface area contributed by atoms with Gasteiger partial charge in [-0.1, -0.05) is 52.0 Å². The number of nitrogens with zero attached hydrogens (tertiary/aromatic N) is 3. The second-order valence-corrected chi connectivity index (χ2v) is 12.9. The highest BCUT2D eigenvalue weighted by Crippen LogP contribution is 2.40. The lowest BCUT2D eigenvalue weighted by molar-refractivity contribution is -0.773. The van der Waals surface area contributed by atoms with Gasteiger partial charge in [-0.25, -0.2) is 0 Å². The lowest BCUT2D eigenvalue weighted by Gasteiger charge is -2.36. The Morgan fingerprint density at radius 1 is 1.04 bits per heavy atom. The van der Waals surface area contributed by atoms with E-state index in [1.165, 1.54) is 7.11 Å². The van der Waals surface area contributed by atoms with Crippen LogP contribution in [0.15, 0.2) is 42.5 Å². The van der Waals surface area contributed by atoms with Gasteiger partial charge in [0.2, 0.25) is 5.91 Å². The number of hydrogen-bond donors (Lipinski definition) is 1. The molecule has 0 aliphatic rings. The molecule has 0 saturated carbocycles. The summed E-state index contributed by atoms with van der Waals surface area (Å²) in [6, 6.07) is 15.4. The molecule has 1 N–H and O–H groups in total. The van der Waals surface area contributed by atoms with E-state index in [1.807, 2.05) is 42.5 Å². The molecule has 12 nitrogen and oxygen atoms in total. The van der Waals surface area contributed by atoms with Crippen molar-refractivity contribution in [3.8, 4) is 23.3 Å². The van der Waals surface area contributed by atoms with Gasteiger partial charge in [-0.05, 0) is 75.0 Å². The molecule has 2 aromatic rings. The van der Waals surface area contributed by atoms with Crippen LogP contribution in [0.2, 0.25) is 0 Å². The van der Waals surface area contributed by atoms with E-state index in [-0.39, 0.29) is 19.1 Å². The zero-order valence-corrected chi connectivity index (χ0v) is 29.3. The second-order valence-electron chi connectivity index (χ2n) is 12.9. The van der Waals surface area contributed by atoms with Gasteiger partial charge < -0.3 is 34.0 Å². The zero-order chi connectivity index (χ0) is 35.2. The standard InChI is InChI=1S/C35H52N4O8/c1-25(2)35(23-36,28-15-16-30(44-8)31(21-28)45-9)18-12-19-38(6)20-17-27-13-10-11-14-29(27)46-24-34(4,5)33(47-39(41)42)26(3)37-32(40)22-43-7/h10-11,13-16,21,25-26,33H,12,17-20,22,24H2,1-9H3,(H,37,40). The van der Waals surface area contributed by atoms with Crippen LogP contribution >= 0.6 is 0 Å². The molecule has 1 amide bonds. The third kappa shape index (κ3) is 11.0. The number of carbonyl (C=O) groups excluding carboxylic acids is 1. The normalized spacial score (nSPS) is 14.1. The average molecular weight is 657 g/mol. The largest absolute Gasteiger partial charge is 0.493 e. The molecule has 260 valence electrons. The predicted molar refractivity (Wildman–Crippen MR) is 179 cm³/mol. The predicted octanol–water partition coefficient (Wildman–Crippen LogP) is 5.21. The van der Waals surface area contributed by atoms with E-state index in [1.54, 1.807) is 35.0 Å². The third-order valence-electron chi connectivity index (χ3n) is 8.62. The summed E-state index contributed by atoms with van der Waals surface area (Å²) >= 11 is 0. The summed E-state index contributed by atoms with van der Waals surface area (Å²) in [5.74, 6) is 1.61. The molecule has 0 aliphatic heterocycles. The van der Waals surface area contributed by atoms with Gasteiger partial charge in [-0.15, -0.1) is 10.1 Å². The van der Waals surface area contributed by atoms with Crippen molar-refractivity contribution in [2.75, 3.05) is 54.7 Å². The Morgan fingerprint density at radius 2 is 1.72 bits per heavy atom. The minimum Gasteiger partial charge on any atom is -0.493 e. The van der Waals surface area contributed by atoms with E-state index >= 15 is 0 Å². The SMILES string of the molecule is COCC(=O)NC(C)C(O[N+](=O)[O-])C(C)(C)COc1ccccc1CCN(C)CCCC(C#N)(c1ccc(OC)c(OC)c1)C(C)C. The van der Waals surface area contributed by atoms with Gasteiger partial charge in [-0.2, -0.15) is 5.26 Å². The topological polar surface area (TPSA) is 145 Å². The van der Waals surface area contributed by atoms with Crippen LogP contribution < -0.4 is 19.5 Å². The molecule has 0 aliphatic carbocycles. The Kier molecular flexibility index (Phi) is 15.2.